The Morgan fingerprint density at radius 2 is 1.08 bits per heavy atom. The number of rotatable bonds is 23. The van der Waals surface area contributed by atoms with Crippen LogP contribution in [0, 0.1) is 0 Å². The molecule has 10 nitrogen and oxygen atoms in total. The zero-order chi connectivity index (χ0) is 28.1. The van der Waals surface area contributed by atoms with Crippen LogP contribution >= 0.6 is 0 Å². The zero-order valence-corrected chi connectivity index (χ0v) is 25.0. The Bertz CT molecular complexity index is 518. The third kappa shape index (κ3) is 24.7. The lowest BCUT2D eigenvalue weighted by Crippen LogP contribution is -2.38. The van der Waals surface area contributed by atoms with Crippen LogP contribution in [-0.2, 0) is 38.0 Å². The predicted octanol–water partition coefficient (Wildman–Crippen LogP) is 3.02. The van der Waals surface area contributed by atoms with Gasteiger partial charge in [0.1, 0.15) is 6.61 Å². The summed E-state index contributed by atoms with van der Waals surface area (Å²) in [7, 11) is 1.66. The largest absolute Gasteiger partial charge is 0.464 e. The number of esters is 1. The van der Waals surface area contributed by atoms with Crippen molar-refractivity contribution in [1.29, 1.82) is 0 Å². The Kier molecular flexibility index (Phi) is 26.6. The summed E-state index contributed by atoms with van der Waals surface area (Å²) in [6.07, 6.45) is 9.22. The van der Waals surface area contributed by atoms with Crippen LogP contribution in [0.2, 0.25) is 0 Å². The minimum Gasteiger partial charge on any atom is -0.464 e. The summed E-state index contributed by atoms with van der Waals surface area (Å²) in [4.78, 5) is 16.2. The fraction of sp³-hybridized carbons (Fsp3) is 0.966. The third-order valence-electron chi connectivity index (χ3n) is 6.59. The molecule has 39 heavy (non-hydrogen) atoms. The number of carbonyl (C=O) groups is 1. The van der Waals surface area contributed by atoms with Gasteiger partial charge in [-0.1, -0.05) is 45.4 Å². The van der Waals surface area contributed by atoms with Crippen molar-refractivity contribution in [3.8, 4) is 0 Å². The van der Waals surface area contributed by atoms with Gasteiger partial charge in [-0.25, -0.2) is 0 Å². The van der Waals surface area contributed by atoms with Crippen LogP contribution in [0.1, 0.15) is 58.3 Å². The molecule has 0 aromatic heterocycles. The number of morpholine rings is 2. The summed E-state index contributed by atoms with van der Waals surface area (Å²) in [5.74, 6) is -0.0354. The van der Waals surface area contributed by atoms with E-state index in [4.69, 9.17) is 33.2 Å². The van der Waals surface area contributed by atoms with Crippen molar-refractivity contribution >= 4 is 5.97 Å². The van der Waals surface area contributed by atoms with Gasteiger partial charge in [-0.15, -0.1) is 0 Å². The Morgan fingerprint density at radius 1 is 0.615 bits per heavy atom. The molecule has 0 amide bonds. The van der Waals surface area contributed by atoms with Gasteiger partial charge in [0.2, 0.25) is 0 Å². The molecule has 0 saturated carbocycles. The second-order valence-corrected chi connectivity index (χ2v) is 9.83. The van der Waals surface area contributed by atoms with E-state index in [9.17, 15) is 4.79 Å². The van der Waals surface area contributed by atoms with Gasteiger partial charge in [0.15, 0.2) is 0 Å². The normalized spacial score (nSPS) is 16.6. The van der Waals surface area contributed by atoms with Gasteiger partial charge in [-0.05, 0) is 6.42 Å². The summed E-state index contributed by atoms with van der Waals surface area (Å²) in [6, 6.07) is 0. The van der Waals surface area contributed by atoms with Gasteiger partial charge in [-0.3, -0.25) is 14.6 Å². The van der Waals surface area contributed by atoms with Crippen molar-refractivity contribution in [2.45, 2.75) is 58.3 Å². The third-order valence-corrected chi connectivity index (χ3v) is 6.59. The van der Waals surface area contributed by atoms with Crippen LogP contribution in [0.4, 0.5) is 0 Å². The van der Waals surface area contributed by atoms with Gasteiger partial charge < -0.3 is 33.2 Å². The number of nitrogens with zero attached hydrogens (tertiary/aromatic N) is 2. The van der Waals surface area contributed by atoms with Crippen LogP contribution in [0.25, 0.3) is 0 Å². The SMILES string of the molecule is CCCCCCCCCC(=O)OCCN1CCOCC1.COCCOCCOCCOCCN1CCOCC1. The van der Waals surface area contributed by atoms with Crippen molar-refractivity contribution in [3.63, 3.8) is 0 Å². The second-order valence-electron chi connectivity index (χ2n) is 9.83. The van der Waals surface area contributed by atoms with Gasteiger partial charge in [0, 0.05) is 52.8 Å². The summed E-state index contributed by atoms with van der Waals surface area (Å²) in [6.45, 7) is 16.3. The molecule has 0 radical (unpaired) electrons. The quantitative estimate of drug-likeness (QED) is 0.137. The van der Waals surface area contributed by atoms with E-state index in [1.165, 1.54) is 32.1 Å². The molecule has 2 fully saturated rings. The smallest absolute Gasteiger partial charge is 0.305 e. The number of methoxy groups -OCH3 is 1. The minimum atomic E-state index is -0.0354. The molecule has 2 aliphatic rings. The first kappa shape index (κ1) is 36.2. The molecular formula is C29H58N2O8. The van der Waals surface area contributed by atoms with Gasteiger partial charge in [0.25, 0.3) is 0 Å². The molecule has 0 spiro atoms. The first-order chi connectivity index (χ1) is 19.3. The molecule has 0 aromatic carbocycles. The molecule has 2 aliphatic heterocycles. The van der Waals surface area contributed by atoms with E-state index in [0.29, 0.717) is 52.7 Å². The molecule has 2 heterocycles. The molecule has 232 valence electrons. The lowest BCUT2D eigenvalue weighted by molar-refractivity contribution is -0.144. The van der Waals surface area contributed by atoms with E-state index in [-0.39, 0.29) is 5.97 Å². The van der Waals surface area contributed by atoms with Crippen LogP contribution in [0.15, 0.2) is 0 Å². The molecule has 2 rings (SSSR count). The maximum atomic E-state index is 11.6. The molecular weight excluding hydrogens is 504 g/mol. The van der Waals surface area contributed by atoms with Crippen molar-refractivity contribution < 1.29 is 38.0 Å². The highest BCUT2D eigenvalue weighted by atomic mass is 16.6. The summed E-state index contributed by atoms with van der Waals surface area (Å²) < 4.78 is 36.9. The fourth-order valence-electron chi connectivity index (χ4n) is 4.11. The molecule has 2 saturated heterocycles. The molecule has 10 heteroatoms. The lowest BCUT2D eigenvalue weighted by Gasteiger charge is -2.26. The van der Waals surface area contributed by atoms with Gasteiger partial charge >= 0.3 is 5.97 Å². The topological polar surface area (TPSA) is 88.2 Å². The maximum Gasteiger partial charge on any atom is 0.305 e. The summed E-state index contributed by atoms with van der Waals surface area (Å²) >= 11 is 0. The van der Waals surface area contributed by atoms with E-state index >= 15 is 0 Å². The highest BCUT2D eigenvalue weighted by molar-refractivity contribution is 5.69. The van der Waals surface area contributed by atoms with Gasteiger partial charge in [-0.2, -0.15) is 0 Å². The average molecular weight is 563 g/mol. The first-order valence-electron chi connectivity index (χ1n) is 15.2. The lowest BCUT2D eigenvalue weighted by atomic mass is 10.1. The van der Waals surface area contributed by atoms with Crippen molar-refractivity contribution in [2.24, 2.45) is 0 Å². The highest BCUT2D eigenvalue weighted by Crippen LogP contribution is 2.09. The molecule has 0 bridgehead atoms. The molecule has 0 aliphatic carbocycles. The highest BCUT2D eigenvalue weighted by Gasteiger charge is 2.11. The van der Waals surface area contributed by atoms with Crippen molar-refractivity contribution in [2.75, 3.05) is 126 Å². The van der Waals surface area contributed by atoms with Crippen molar-refractivity contribution in [3.05, 3.63) is 0 Å². The number of ether oxygens (including phenoxy) is 7. The van der Waals surface area contributed by atoms with E-state index in [1.54, 1.807) is 7.11 Å². The Labute approximate surface area is 237 Å². The second kappa shape index (κ2) is 28.7. The van der Waals surface area contributed by atoms with Crippen LogP contribution < -0.4 is 0 Å². The van der Waals surface area contributed by atoms with E-state index in [0.717, 1.165) is 85.1 Å². The molecule has 0 N–H and O–H groups in total. The first-order valence-corrected chi connectivity index (χ1v) is 15.2. The average Bonchev–Trinajstić information content (AvgIpc) is 2.97. The Morgan fingerprint density at radius 3 is 1.62 bits per heavy atom. The predicted molar refractivity (Wildman–Crippen MR) is 152 cm³/mol. The van der Waals surface area contributed by atoms with E-state index < -0.39 is 0 Å². The van der Waals surface area contributed by atoms with Crippen LogP contribution in [-0.4, -0.2) is 141 Å². The Balaban J connectivity index is 0.000000391. The standard InChI is InChI=1S/C16H31NO3.C13H27NO5/c1-2-3-4-5-6-7-8-9-16(18)20-15-12-17-10-13-19-14-11-17;1-15-8-9-18-12-13-19-11-10-17-7-4-14-2-5-16-6-3-14/h2-15H2,1H3;2-13H2,1H3. The van der Waals surface area contributed by atoms with Crippen LogP contribution in [0.3, 0.4) is 0 Å². The molecule has 0 atom stereocenters. The Hall–Kier alpha value is -0.850. The number of hydrogen-bond acceptors (Lipinski definition) is 10. The fourth-order valence-corrected chi connectivity index (χ4v) is 4.11. The number of carbonyl (C=O) groups excluding carboxylic acids is 1. The summed E-state index contributed by atoms with van der Waals surface area (Å²) in [5.41, 5.74) is 0. The monoisotopic (exact) mass is 562 g/mol. The van der Waals surface area contributed by atoms with Crippen molar-refractivity contribution in [1.82, 2.24) is 9.80 Å². The zero-order valence-electron chi connectivity index (χ0n) is 25.0. The minimum absolute atomic E-state index is 0.0354. The van der Waals surface area contributed by atoms with E-state index in [1.807, 2.05) is 0 Å². The van der Waals surface area contributed by atoms with Crippen LogP contribution in [0.5, 0.6) is 0 Å². The maximum absolute atomic E-state index is 11.6. The van der Waals surface area contributed by atoms with Gasteiger partial charge in [0.05, 0.1) is 72.7 Å². The van der Waals surface area contributed by atoms with E-state index in [2.05, 4.69) is 16.7 Å². The number of hydrogen-bond donors (Lipinski definition) is 0. The molecule has 0 unspecified atom stereocenters. The number of unbranched alkanes of at least 4 members (excludes halogenated alkanes) is 6. The molecule has 0 aromatic rings. The summed E-state index contributed by atoms with van der Waals surface area (Å²) in [5, 5.41) is 0.